The Morgan fingerprint density at radius 3 is 2.24 bits per heavy atom. The van der Waals surface area contributed by atoms with E-state index in [4.69, 9.17) is 9.47 Å². The van der Waals surface area contributed by atoms with Crippen LogP contribution >= 0.6 is 0 Å². The molecule has 37 heavy (non-hydrogen) atoms. The molecule has 3 aliphatic carbocycles. The second-order valence-electron chi connectivity index (χ2n) is 11.9. The molecule has 8 nitrogen and oxygen atoms in total. The molecule has 4 rings (SSSR count). The maximum atomic E-state index is 14.1. The molecule has 0 aromatic carbocycles. The second-order valence-corrected chi connectivity index (χ2v) is 11.9. The number of aliphatic hydroxyl groups is 4. The molecule has 2 bridgehead atoms. The third kappa shape index (κ3) is 4.55. The number of aliphatic hydroxyl groups excluding tert-OH is 2. The summed E-state index contributed by atoms with van der Waals surface area (Å²) in [6.07, 6.45) is -3.48. The first-order valence-corrected chi connectivity index (χ1v) is 13.5. The molecule has 1 saturated heterocycles. The van der Waals surface area contributed by atoms with Gasteiger partial charge in [-0.3, -0.25) is 4.79 Å². The Balaban J connectivity index is 0.00000157. The van der Waals surface area contributed by atoms with E-state index in [0.717, 1.165) is 0 Å². The largest absolute Gasteiger partial charge is 0.456 e. The number of hydrogen-bond acceptors (Lipinski definition) is 8. The van der Waals surface area contributed by atoms with E-state index in [1.54, 1.807) is 34.6 Å². The summed E-state index contributed by atoms with van der Waals surface area (Å²) < 4.78 is 11.3. The minimum atomic E-state index is -1.53. The van der Waals surface area contributed by atoms with E-state index in [2.05, 4.69) is 0 Å². The zero-order valence-corrected chi connectivity index (χ0v) is 28.6. The molecular weight excluding hydrogens is 691 g/mol. The number of esters is 1. The summed E-state index contributed by atoms with van der Waals surface area (Å²) in [6, 6.07) is 0. The molecule has 9 heteroatoms. The molecule has 2 saturated carbocycles. The summed E-state index contributed by atoms with van der Waals surface area (Å²) in [4.78, 5) is 26.6. The summed E-state index contributed by atoms with van der Waals surface area (Å²) in [5.41, 5.74) is -4.09. The van der Waals surface area contributed by atoms with Crippen LogP contribution in [0.2, 0.25) is 0 Å². The van der Waals surface area contributed by atoms with Crippen LogP contribution in [0.25, 0.3) is 0 Å². The molecule has 209 valence electrons. The van der Waals surface area contributed by atoms with Crippen molar-refractivity contribution in [2.45, 2.75) is 117 Å². The number of rotatable bonds is 3. The van der Waals surface area contributed by atoms with Crippen LogP contribution in [0, 0.1) is 72.6 Å². The van der Waals surface area contributed by atoms with Gasteiger partial charge in [0.2, 0.25) is 0 Å². The maximum absolute atomic E-state index is 14.1. The molecule has 1 aliphatic heterocycles. The Bertz CT molecular complexity index is 933. The van der Waals surface area contributed by atoms with Gasteiger partial charge in [-0.25, -0.2) is 4.79 Å². The van der Waals surface area contributed by atoms with E-state index >= 15 is 0 Å². The van der Waals surface area contributed by atoms with Crippen LogP contribution in [0.5, 0.6) is 0 Å². The first-order chi connectivity index (χ1) is 16.6. The summed E-state index contributed by atoms with van der Waals surface area (Å²) in [5.74, 6) is -2.65. The number of ether oxygens (including phenoxy) is 2. The van der Waals surface area contributed by atoms with Gasteiger partial charge in [0, 0.05) is 67.2 Å². The van der Waals surface area contributed by atoms with Crippen LogP contribution < -0.4 is 0 Å². The molecule has 0 aromatic rings. The Morgan fingerprint density at radius 1 is 1.19 bits per heavy atom. The minimum Gasteiger partial charge on any atom is -0.456 e. The van der Waals surface area contributed by atoms with Crippen LogP contribution in [0.3, 0.4) is 0 Å². The van der Waals surface area contributed by atoms with E-state index < -0.39 is 64.3 Å². The number of hydrogen-bond donors (Lipinski definition) is 4. The molecule has 4 aliphatic rings. The van der Waals surface area contributed by atoms with Crippen molar-refractivity contribution in [3.8, 4) is 0 Å². The van der Waals surface area contributed by atoms with Crippen molar-refractivity contribution in [3.05, 3.63) is 11.1 Å². The Kier molecular flexibility index (Phi) is 10.1. The normalized spacial score (nSPS) is 44.8. The smallest absolute Gasteiger partial charge is 0.335 e. The quantitative estimate of drug-likeness (QED) is 0.257. The molecule has 0 aromatic heterocycles. The van der Waals surface area contributed by atoms with Crippen LogP contribution in [0.4, 0.5) is 0 Å². The van der Waals surface area contributed by atoms with Gasteiger partial charge in [0.15, 0.2) is 11.9 Å². The summed E-state index contributed by atoms with van der Waals surface area (Å²) >= 11 is 0. The third-order valence-corrected chi connectivity index (χ3v) is 10.2. The van der Waals surface area contributed by atoms with Crippen LogP contribution in [0.1, 0.15) is 81.6 Å². The van der Waals surface area contributed by atoms with Gasteiger partial charge in [-0.05, 0) is 42.7 Å². The average Bonchev–Trinajstić information content (AvgIpc) is 2.83. The number of carbonyl (C=O) groups is 2. The molecule has 10 atom stereocenters. The Labute approximate surface area is 257 Å². The number of carbonyl (C=O) groups excluding carboxylic acids is 2. The number of ketones is 1. The number of fused-ring (bicyclic) bond motifs is 5. The molecule has 0 spiro atoms. The summed E-state index contributed by atoms with van der Waals surface area (Å²) in [5, 5.41) is 45.7. The fraction of sp³-hybridized carbons (Fsp3) is 0.857. The standard InChI is InChI=1S/C26H40O8.C2H6.Ac/c1-8-15(27)22(30)34-16-10-26(32)14(4)20-24(7,12(2)9-17-25(20,31)11-33-17)21(29)19(28)18(13(16)3)23(26,5)6;1-2;/h12,14-17,19-20,27-28,31-32H,8-11H2,1-7H3;1-2H3;/t12-,14-,15?,16?,17?,19?,20?,24+,25-,26?;;/m0../s1. The van der Waals surface area contributed by atoms with Gasteiger partial charge in [0.1, 0.15) is 17.8 Å². The van der Waals surface area contributed by atoms with Crippen molar-refractivity contribution < 1.29 is 83.6 Å². The molecule has 1 heterocycles. The zero-order chi connectivity index (χ0) is 27.6. The van der Waals surface area contributed by atoms with Gasteiger partial charge in [-0.2, -0.15) is 0 Å². The van der Waals surface area contributed by atoms with Gasteiger partial charge < -0.3 is 29.9 Å². The SMILES string of the molecule is CC.CCC(O)C(=O)OC1CC2(O)[C@@H](C)C3[C@]4(O)COC4C[C@H](C)[C@@]3(C)C(=O)C(O)C(=C1C)C2(C)C.[Ac]. The van der Waals surface area contributed by atoms with Crippen molar-refractivity contribution in [2.24, 2.45) is 28.6 Å². The van der Waals surface area contributed by atoms with E-state index in [1.165, 1.54) is 0 Å². The average molecular weight is 738 g/mol. The monoisotopic (exact) mass is 737 g/mol. The van der Waals surface area contributed by atoms with Crippen LogP contribution in [-0.4, -0.2) is 74.4 Å². The Morgan fingerprint density at radius 2 is 1.76 bits per heavy atom. The van der Waals surface area contributed by atoms with Crippen LogP contribution in [0.15, 0.2) is 11.1 Å². The predicted octanol–water partition coefficient (Wildman–Crippen LogP) is 2.54. The van der Waals surface area contributed by atoms with Gasteiger partial charge in [-0.15, -0.1) is 0 Å². The van der Waals surface area contributed by atoms with Crippen molar-refractivity contribution in [3.63, 3.8) is 0 Å². The van der Waals surface area contributed by atoms with Crippen molar-refractivity contribution >= 4 is 11.8 Å². The van der Waals surface area contributed by atoms with Gasteiger partial charge in [0.25, 0.3) is 0 Å². The van der Waals surface area contributed by atoms with Crippen molar-refractivity contribution in [2.75, 3.05) is 6.61 Å². The topological polar surface area (TPSA) is 134 Å². The zero-order valence-electron chi connectivity index (χ0n) is 23.9. The van der Waals surface area contributed by atoms with Crippen LogP contribution in [-0.2, 0) is 19.1 Å². The fourth-order valence-electron chi connectivity index (χ4n) is 7.79. The fourth-order valence-corrected chi connectivity index (χ4v) is 7.79. The van der Waals surface area contributed by atoms with Crippen molar-refractivity contribution in [1.29, 1.82) is 0 Å². The molecule has 1 radical (unpaired) electrons. The second kappa shape index (κ2) is 11.2. The maximum Gasteiger partial charge on any atom is 0.335 e. The Hall–Kier alpha value is 0.122. The predicted molar refractivity (Wildman–Crippen MR) is 134 cm³/mol. The third-order valence-electron chi connectivity index (χ3n) is 10.2. The van der Waals surface area contributed by atoms with E-state index in [0.29, 0.717) is 17.6 Å². The molecule has 3 fully saturated rings. The van der Waals surface area contributed by atoms with Gasteiger partial charge in [-0.1, -0.05) is 55.4 Å². The first-order valence-electron chi connectivity index (χ1n) is 13.5. The molecule has 0 amide bonds. The molecular formula is C28H46AcO8. The van der Waals surface area contributed by atoms with E-state index in [9.17, 15) is 30.0 Å². The summed E-state index contributed by atoms with van der Waals surface area (Å²) in [7, 11) is 0. The number of Topliss-reactive ketones (excluding diaryl/α,β-unsaturated/α-hetero) is 1. The first kappa shape index (κ1) is 33.3. The molecule has 4 N–H and O–H groups in total. The van der Waals surface area contributed by atoms with E-state index in [-0.39, 0.29) is 75.2 Å². The van der Waals surface area contributed by atoms with Gasteiger partial charge in [0.05, 0.1) is 18.3 Å². The molecule has 6 unspecified atom stereocenters. The van der Waals surface area contributed by atoms with Gasteiger partial charge >= 0.3 is 5.97 Å². The minimum absolute atomic E-state index is 0. The summed E-state index contributed by atoms with van der Waals surface area (Å²) in [6.45, 7) is 16.6. The van der Waals surface area contributed by atoms with E-state index in [1.807, 2.05) is 27.7 Å². The van der Waals surface area contributed by atoms with Crippen molar-refractivity contribution in [1.82, 2.24) is 0 Å².